The van der Waals surface area contributed by atoms with Crippen molar-refractivity contribution < 1.29 is 4.79 Å². The van der Waals surface area contributed by atoms with Gasteiger partial charge in [-0.05, 0) is 41.8 Å². The molecule has 3 rings (SSSR count). The van der Waals surface area contributed by atoms with Crippen LogP contribution in [0.5, 0.6) is 0 Å². The Kier molecular flexibility index (Phi) is 5.36. The van der Waals surface area contributed by atoms with Gasteiger partial charge in [-0.15, -0.1) is 0 Å². The molecule has 0 aliphatic carbocycles. The van der Waals surface area contributed by atoms with E-state index in [-0.39, 0.29) is 6.03 Å². The minimum Gasteiger partial charge on any atom is -0.334 e. The van der Waals surface area contributed by atoms with E-state index in [9.17, 15) is 4.79 Å². The van der Waals surface area contributed by atoms with E-state index in [2.05, 4.69) is 15.7 Å². The van der Waals surface area contributed by atoms with Crippen LogP contribution in [0, 0.1) is 6.92 Å². The van der Waals surface area contributed by atoms with Gasteiger partial charge in [0.25, 0.3) is 0 Å². The maximum absolute atomic E-state index is 12.2. The van der Waals surface area contributed by atoms with Gasteiger partial charge in [0.2, 0.25) is 0 Å². The van der Waals surface area contributed by atoms with E-state index in [1.165, 1.54) is 0 Å². The summed E-state index contributed by atoms with van der Waals surface area (Å²) in [7, 11) is 0. The molecule has 0 spiro atoms. The molecule has 1 aromatic heterocycles. The Bertz CT molecular complexity index is 862. The number of amides is 2. The van der Waals surface area contributed by atoms with Crippen LogP contribution in [0.15, 0.2) is 60.9 Å². The number of nitrogens with one attached hydrogen (secondary N) is 2. The van der Waals surface area contributed by atoms with Gasteiger partial charge in [-0.2, -0.15) is 5.10 Å². The molecule has 0 bridgehead atoms. The lowest BCUT2D eigenvalue weighted by Gasteiger charge is -2.13. The molecule has 6 heteroatoms. The number of halogens is 1. The van der Waals surface area contributed by atoms with Crippen LogP contribution >= 0.6 is 11.6 Å². The van der Waals surface area contributed by atoms with Gasteiger partial charge in [-0.1, -0.05) is 41.9 Å². The Morgan fingerprint density at radius 2 is 1.96 bits per heavy atom. The van der Waals surface area contributed by atoms with Gasteiger partial charge in [0.1, 0.15) is 0 Å². The van der Waals surface area contributed by atoms with Crippen LogP contribution in [-0.4, -0.2) is 15.8 Å². The highest BCUT2D eigenvalue weighted by Gasteiger charge is 2.07. The predicted molar refractivity (Wildman–Crippen MR) is 99.8 cm³/mol. The lowest BCUT2D eigenvalue weighted by atomic mass is 10.1. The molecule has 0 fully saturated rings. The summed E-state index contributed by atoms with van der Waals surface area (Å²) in [5.74, 6) is 0. The number of anilines is 1. The summed E-state index contributed by atoms with van der Waals surface area (Å²) in [6.45, 7) is 3.02. The van der Waals surface area contributed by atoms with E-state index in [0.717, 1.165) is 16.7 Å². The number of urea groups is 1. The Balaban J connectivity index is 1.63. The molecule has 25 heavy (non-hydrogen) atoms. The van der Waals surface area contributed by atoms with Gasteiger partial charge in [-0.3, -0.25) is 4.68 Å². The number of aromatic nitrogens is 2. The van der Waals surface area contributed by atoms with Crippen LogP contribution in [0.25, 0.3) is 0 Å². The average molecular weight is 355 g/mol. The Morgan fingerprint density at radius 1 is 1.16 bits per heavy atom. The molecule has 0 aliphatic rings. The summed E-state index contributed by atoms with van der Waals surface area (Å²) in [6.07, 6.45) is 3.67. The maximum atomic E-state index is 12.2. The van der Waals surface area contributed by atoms with E-state index >= 15 is 0 Å². The van der Waals surface area contributed by atoms with Crippen molar-refractivity contribution in [2.75, 3.05) is 5.32 Å². The minimum atomic E-state index is -0.265. The van der Waals surface area contributed by atoms with Crippen LogP contribution in [0.3, 0.4) is 0 Å². The number of rotatable bonds is 5. The number of benzene rings is 2. The summed E-state index contributed by atoms with van der Waals surface area (Å²) in [6, 6.07) is 15.0. The van der Waals surface area contributed by atoms with E-state index in [1.54, 1.807) is 18.3 Å². The van der Waals surface area contributed by atoms with E-state index < -0.39 is 0 Å². The normalized spacial score (nSPS) is 10.5. The maximum Gasteiger partial charge on any atom is 0.319 e. The van der Waals surface area contributed by atoms with Gasteiger partial charge >= 0.3 is 6.03 Å². The predicted octanol–water partition coefficient (Wildman–Crippen LogP) is 4.21. The third kappa shape index (κ3) is 4.61. The van der Waals surface area contributed by atoms with E-state index in [0.29, 0.717) is 23.8 Å². The van der Waals surface area contributed by atoms with Crippen molar-refractivity contribution in [1.29, 1.82) is 0 Å². The van der Waals surface area contributed by atoms with E-state index in [4.69, 9.17) is 11.6 Å². The van der Waals surface area contributed by atoms with Crippen molar-refractivity contribution in [2.45, 2.75) is 20.0 Å². The molecular formula is C19H19ClN4O. The van der Waals surface area contributed by atoms with Crippen LogP contribution < -0.4 is 10.6 Å². The molecule has 1 heterocycles. The van der Waals surface area contributed by atoms with Crippen molar-refractivity contribution in [3.8, 4) is 0 Å². The summed E-state index contributed by atoms with van der Waals surface area (Å²) >= 11 is 5.98. The zero-order valence-electron chi connectivity index (χ0n) is 13.9. The number of hydrogen-bond donors (Lipinski definition) is 2. The second-order valence-corrected chi connectivity index (χ2v) is 6.18. The molecule has 2 aromatic carbocycles. The van der Waals surface area contributed by atoms with Crippen molar-refractivity contribution in [3.63, 3.8) is 0 Å². The zero-order chi connectivity index (χ0) is 17.6. The number of nitrogens with zero attached hydrogens (tertiary/aromatic N) is 2. The van der Waals surface area contributed by atoms with Crippen molar-refractivity contribution in [1.82, 2.24) is 15.1 Å². The first kappa shape index (κ1) is 17.0. The monoisotopic (exact) mass is 354 g/mol. The van der Waals surface area contributed by atoms with Crippen molar-refractivity contribution in [2.24, 2.45) is 0 Å². The Hall–Kier alpha value is -2.79. The molecule has 0 saturated carbocycles. The largest absolute Gasteiger partial charge is 0.334 e. The molecule has 2 amide bonds. The standard InChI is InChI=1S/C19H19ClN4O/c1-14-7-8-17(20)11-18(14)23-19(25)21-12-15-5-2-3-6-16(15)13-24-10-4-9-22-24/h2-11H,12-13H2,1H3,(H2,21,23,25). The molecule has 0 aliphatic heterocycles. The number of hydrogen-bond acceptors (Lipinski definition) is 2. The second kappa shape index (κ2) is 7.85. The second-order valence-electron chi connectivity index (χ2n) is 5.74. The molecule has 0 radical (unpaired) electrons. The fraction of sp³-hybridized carbons (Fsp3) is 0.158. The fourth-order valence-electron chi connectivity index (χ4n) is 2.52. The summed E-state index contributed by atoms with van der Waals surface area (Å²) in [5, 5.41) is 10.5. The smallest absolute Gasteiger partial charge is 0.319 e. The molecule has 3 aromatic rings. The molecule has 0 unspecified atom stereocenters. The summed E-state index contributed by atoms with van der Waals surface area (Å²) < 4.78 is 1.86. The number of aryl methyl sites for hydroxylation is 1. The van der Waals surface area contributed by atoms with Crippen molar-refractivity contribution >= 4 is 23.3 Å². The quantitative estimate of drug-likeness (QED) is 0.720. The van der Waals surface area contributed by atoms with Crippen molar-refractivity contribution in [3.05, 3.63) is 82.6 Å². The topological polar surface area (TPSA) is 59.0 Å². The van der Waals surface area contributed by atoms with Crippen LogP contribution in [0.4, 0.5) is 10.5 Å². The lowest BCUT2D eigenvalue weighted by Crippen LogP contribution is -2.29. The van der Waals surface area contributed by atoms with Gasteiger partial charge in [0.15, 0.2) is 0 Å². The highest BCUT2D eigenvalue weighted by molar-refractivity contribution is 6.31. The van der Waals surface area contributed by atoms with Crippen LogP contribution in [0.2, 0.25) is 5.02 Å². The highest BCUT2D eigenvalue weighted by atomic mass is 35.5. The fourth-order valence-corrected chi connectivity index (χ4v) is 2.70. The summed E-state index contributed by atoms with van der Waals surface area (Å²) in [4.78, 5) is 12.2. The van der Waals surface area contributed by atoms with Crippen LogP contribution in [-0.2, 0) is 13.1 Å². The van der Waals surface area contributed by atoms with Gasteiger partial charge in [0.05, 0.1) is 6.54 Å². The zero-order valence-corrected chi connectivity index (χ0v) is 14.6. The Morgan fingerprint density at radius 3 is 2.72 bits per heavy atom. The molecule has 0 atom stereocenters. The average Bonchev–Trinajstić information content (AvgIpc) is 3.10. The van der Waals surface area contributed by atoms with Crippen LogP contribution in [0.1, 0.15) is 16.7 Å². The molecule has 128 valence electrons. The SMILES string of the molecule is Cc1ccc(Cl)cc1NC(=O)NCc1ccccc1Cn1cccn1. The molecule has 5 nitrogen and oxygen atoms in total. The lowest BCUT2D eigenvalue weighted by molar-refractivity contribution is 0.251. The van der Waals surface area contributed by atoms with Gasteiger partial charge in [-0.25, -0.2) is 4.79 Å². The van der Waals surface area contributed by atoms with Gasteiger partial charge < -0.3 is 10.6 Å². The first-order valence-corrected chi connectivity index (χ1v) is 8.35. The minimum absolute atomic E-state index is 0.265. The van der Waals surface area contributed by atoms with E-state index in [1.807, 2.05) is 54.2 Å². The molecule has 0 saturated heterocycles. The summed E-state index contributed by atoms with van der Waals surface area (Å²) in [5.41, 5.74) is 3.83. The first-order chi connectivity index (χ1) is 12.1. The molecule has 2 N–H and O–H groups in total. The number of carbonyl (C=O) groups excluding carboxylic acids is 1. The highest BCUT2D eigenvalue weighted by Crippen LogP contribution is 2.20. The third-order valence-corrected chi connectivity index (χ3v) is 4.13. The third-order valence-electron chi connectivity index (χ3n) is 3.90. The van der Waals surface area contributed by atoms with Gasteiger partial charge in [0, 0.05) is 29.6 Å². The first-order valence-electron chi connectivity index (χ1n) is 7.97. The molecular weight excluding hydrogens is 336 g/mol. The Labute approximate surface area is 151 Å². The number of carbonyl (C=O) groups is 1.